The van der Waals surface area contributed by atoms with Gasteiger partial charge in [0.15, 0.2) is 0 Å². The smallest absolute Gasteiger partial charge is 0.243 e. The van der Waals surface area contributed by atoms with Crippen LogP contribution in [-0.2, 0) is 17.1 Å². The molecule has 1 aromatic rings. The van der Waals surface area contributed by atoms with E-state index in [0.29, 0.717) is 5.92 Å². The van der Waals surface area contributed by atoms with E-state index in [1.54, 1.807) is 7.05 Å². The summed E-state index contributed by atoms with van der Waals surface area (Å²) in [4.78, 5) is 0.248. The summed E-state index contributed by atoms with van der Waals surface area (Å²) in [6.45, 7) is 2.11. The summed E-state index contributed by atoms with van der Waals surface area (Å²) in [5, 5.41) is 3.89. The number of nitrogens with one attached hydrogen (secondary N) is 1. The zero-order valence-corrected chi connectivity index (χ0v) is 11.1. The molecule has 1 aliphatic rings. The lowest BCUT2D eigenvalue weighted by molar-refractivity contribution is 0.310. The molecule has 1 aliphatic carbocycles. The van der Waals surface area contributed by atoms with Crippen LogP contribution >= 0.6 is 0 Å². The molecule has 6 heteroatoms. The standard InChI is InChI=1S/C11H19N3O2S/c1-9-5-3-4-6-11(9)13-17(15,16)10-7-12-14(2)8-10/h7-9,11,13H,3-6H2,1-2H3/t9-,11+/m0/s1. The van der Waals surface area contributed by atoms with Crippen LogP contribution < -0.4 is 4.72 Å². The second-order valence-corrected chi connectivity index (χ2v) is 6.55. The summed E-state index contributed by atoms with van der Waals surface area (Å²) in [5.74, 6) is 0.412. The van der Waals surface area contributed by atoms with E-state index in [-0.39, 0.29) is 10.9 Å². The summed E-state index contributed by atoms with van der Waals surface area (Å²) in [5.41, 5.74) is 0. The van der Waals surface area contributed by atoms with Crippen LogP contribution in [-0.4, -0.2) is 24.2 Å². The van der Waals surface area contributed by atoms with Crippen LogP contribution in [0.5, 0.6) is 0 Å². The number of hydrogen-bond acceptors (Lipinski definition) is 3. The Morgan fingerprint density at radius 1 is 1.41 bits per heavy atom. The van der Waals surface area contributed by atoms with Gasteiger partial charge in [0, 0.05) is 19.3 Å². The lowest BCUT2D eigenvalue weighted by atomic mass is 9.87. The van der Waals surface area contributed by atoms with Crippen LogP contribution in [0.1, 0.15) is 32.6 Å². The molecule has 0 bridgehead atoms. The zero-order chi connectivity index (χ0) is 12.5. The van der Waals surface area contributed by atoms with Gasteiger partial charge in [-0.05, 0) is 18.8 Å². The molecule has 0 radical (unpaired) electrons. The fourth-order valence-corrected chi connectivity index (χ4v) is 3.66. The monoisotopic (exact) mass is 257 g/mol. The highest BCUT2D eigenvalue weighted by Gasteiger charge is 2.27. The van der Waals surface area contributed by atoms with Crippen LogP contribution in [0.15, 0.2) is 17.3 Å². The number of nitrogens with zero attached hydrogens (tertiary/aromatic N) is 2. The average Bonchev–Trinajstić information content (AvgIpc) is 2.69. The molecule has 0 saturated heterocycles. The maximum Gasteiger partial charge on any atom is 0.243 e. The molecule has 0 aromatic carbocycles. The highest BCUT2D eigenvalue weighted by Crippen LogP contribution is 2.25. The van der Waals surface area contributed by atoms with Crippen molar-refractivity contribution in [3.8, 4) is 0 Å². The van der Waals surface area contributed by atoms with Gasteiger partial charge in [0.25, 0.3) is 0 Å². The average molecular weight is 257 g/mol. The predicted molar refractivity (Wildman–Crippen MR) is 64.9 cm³/mol. The first kappa shape index (κ1) is 12.6. The van der Waals surface area contributed by atoms with E-state index in [1.807, 2.05) is 0 Å². The molecule has 5 nitrogen and oxygen atoms in total. The van der Waals surface area contributed by atoms with Crippen molar-refractivity contribution in [1.29, 1.82) is 0 Å². The Hall–Kier alpha value is -0.880. The third-order valence-corrected chi connectivity index (χ3v) is 4.85. The number of sulfonamides is 1. The Bertz CT molecular complexity index is 481. The van der Waals surface area contributed by atoms with Gasteiger partial charge in [-0.25, -0.2) is 13.1 Å². The minimum absolute atomic E-state index is 0.0638. The van der Waals surface area contributed by atoms with Gasteiger partial charge in [-0.3, -0.25) is 4.68 Å². The molecule has 1 saturated carbocycles. The molecule has 1 heterocycles. The van der Waals surface area contributed by atoms with Crippen molar-refractivity contribution < 1.29 is 8.42 Å². The summed E-state index contributed by atoms with van der Waals surface area (Å²) in [6, 6.07) is 0.0638. The topological polar surface area (TPSA) is 64.0 Å². The number of hydrogen-bond donors (Lipinski definition) is 1. The molecule has 0 aliphatic heterocycles. The van der Waals surface area contributed by atoms with Crippen LogP contribution in [0.25, 0.3) is 0 Å². The van der Waals surface area contributed by atoms with Crippen molar-refractivity contribution in [2.24, 2.45) is 13.0 Å². The van der Waals surface area contributed by atoms with E-state index in [4.69, 9.17) is 0 Å². The molecule has 0 unspecified atom stereocenters. The number of aryl methyl sites for hydroxylation is 1. The van der Waals surface area contributed by atoms with E-state index >= 15 is 0 Å². The first-order chi connectivity index (χ1) is 7.99. The van der Waals surface area contributed by atoms with Crippen LogP contribution in [0.4, 0.5) is 0 Å². The highest BCUT2D eigenvalue weighted by atomic mass is 32.2. The lowest BCUT2D eigenvalue weighted by Crippen LogP contribution is -2.40. The van der Waals surface area contributed by atoms with Gasteiger partial charge >= 0.3 is 0 Å². The van der Waals surface area contributed by atoms with Crippen molar-refractivity contribution in [3.05, 3.63) is 12.4 Å². The van der Waals surface area contributed by atoms with E-state index in [0.717, 1.165) is 19.3 Å². The summed E-state index contributed by atoms with van der Waals surface area (Å²) >= 11 is 0. The van der Waals surface area contributed by atoms with E-state index < -0.39 is 10.0 Å². The van der Waals surface area contributed by atoms with Crippen LogP contribution in [0, 0.1) is 5.92 Å². The SMILES string of the molecule is C[C@H]1CCCC[C@H]1NS(=O)(=O)c1cnn(C)c1. The Kier molecular flexibility index (Phi) is 3.53. The zero-order valence-electron chi connectivity index (χ0n) is 10.3. The molecule has 0 spiro atoms. The molecule has 2 atom stereocenters. The van der Waals surface area contributed by atoms with E-state index in [2.05, 4.69) is 16.7 Å². The van der Waals surface area contributed by atoms with E-state index in [1.165, 1.54) is 23.5 Å². The second kappa shape index (κ2) is 4.78. The Morgan fingerprint density at radius 3 is 2.71 bits per heavy atom. The largest absolute Gasteiger partial charge is 0.274 e. The van der Waals surface area contributed by atoms with Gasteiger partial charge in [0.2, 0.25) is 10.0 Å². The minimum atomic E-state index is -3.41. The minimum Gasteiger partial charge on any atom is -0.274 e. The Morgan fingerprint density at radius 2 is 2.12 bits per heavy atom. The second-order valence-electron chi connectivity index (χ2n) is 4.84. The summed E-state index contributed by atoms with van der Waals surface area (Å²) in [7, 11) is -1.69. The summed E-state index contributed by atoms with van der Waals surface area (Å²) in [6.07, 6.45) is 7.24. The van der Waals surface area contributed by atoms with Crippen LogP contribution in [0.2, 0.25) is 0 Å². The molecule has 96 valence electrons. The summed E-state index contributed by atoms with van der Waals surface area (Å²) < 4.78 is 28.5. The molecule has 17 heavy (non-hydrogen) atoms. The molecule has 2 rings (SSSR count). The molecular formula is C11H19N3O2S. The molecule has 0 amide bonds. The van der Waals surface area contributed by atoms with Crippen molar-refractivity contribution in [2.75, 3.05) is 0 Å². The van der Waals surface area contributed by atoms with E-state index in [9.17, 15) is 8.42 Å². The normalized spacial score (nSPS) is 26.0. The van der Waals surface area contributed by atoms with Gasteiger partial charge in [-0.15, -0.1) is 0 Å². The van der Waals surface area contributed by atoms with Crippen molar-refractivity contribution in [2.45, 2.75) is 43.5 Å². The first-order valence-electron chi connectivity index (χ1n) is 6.00. The Balaban J connectivity index is 2.11. The first-order valence-corrected chi connectivity index (χ1v) is 7.48. The predicted octanol–water partition coefficient (Wildman–Crippen LogP) is 1.28. The number of aromatic nitrogens is 2. The van der Waals surface area contributed by atoms with Crippen molar-refractivity contribution in [3.63, 3.8) is 0 Å². The maximum atomic E-state index is 12.1. The third kappa shape index (κ3) is 2.87. The quantitative estimate of drug-likeness (QED) is 0.887. The lowest BCUT2D eigenvalue weighted by Gasteiger charge is -2.28. The van der Waals surface area contributed by atoms with Crippen LogP contribution in [0.3, 0.4) is 0 Å². The maximum absolute atomic E-state index is 12.1. The molecule has 1 aromatic heterocycles. The van der Waals surface area contributed by atoms with Crippen molar-refractivity contribution >= 4 is 10.0 Å². The molecule has 1 fully saturated rings. The fourth-order valence-electron chi connectivity index (χ4n) is 2.30. The van der Waals surface area contributed by atoms with Gasteiger partial charge in [0.05, 0.1) is 6.20 Å². The fraction of sp³-hybridized carbons (Fsp3) is 0.727. The highest BCUT2D eigenvalue weighted by molar-refractivity contribution is 7.89. The number of rotatable bonds is 3. The van der Waals surface area contributed by atoms with Crippen molar-refractivity contribution in [1.82, 2.24) is 14.5 Å². The van der Waals surface area contributed by atoms with Gasteiger partial charge < -0.3 is 0 Å². The van der Waals surface area contributed by atoms with Gasteiger partial charge in [-0.1, -0.05) is 19.8 Å². The third-order valence-electron chi connectivity index (χ3n) is 3.41. The van der Waals surface area contributed by atoms with Gasteiger partial charge in [0.1, 0.15) is 4.90 Å². The Labute approximate surface area is 102 Å². The molecular weight excluding hydrogens is 238 g/mol. The van der Waals surface area contributed by atoms with Gasteiger partial charge in [-0.2, -0.15) is 5.10 Å². The molecule has 1 N–H and O–H groups in total.